The molecule has 1 aromatic rings. The Balaban J connectivity index is 2.49. The van der Waals surface area contributed by atoms with Crippen molar-refractivity contribution in [1.82, 2.24) is 0 Å². The maximum Gasteiger partial charge on any atom is 0.0446 e. The first-order valence-electron chi connectivity index (χ1n) is 5.63. The van der Waals surface area contributed by atoms with Gasteiger partial charge in [0.25, 0.3) is 0 Å². The quantitative estimate of drug-likeness (QED) is 0.647. The minimum Gasteiger partial charge on any atom is -0.0840 e. The fourth-order valence-corrected chi connectivity index (χ4v) is 3.06. The lowest BCUT2D eigenvalue weighted by Gasteiger charge is -2.31. The number of benzene rings is 1. The molecule has 0 radical (unpaired) electrons. The number of allylic oxidation sites excluding steroid dienone is 4. The monoisotopic (exact) mass is 232 g/mol. The number of hydrogen-bond acceptors (Lipinski definition) is 0. The molecule has 1 aliphatic rings. The smallest absolute Gasteiger partial charge is 0.0446 e. The summed E-state index contributed by atoms with van der Waals surface area (Å²) in [7, 11) is 0. The van der Waals surface area contributed by atoms with Crippen molar-refractivity contribution >= 4 is 11.6 Å². The highest BCUT2D eigenvalue weighted by molar-refractivity contribution is 6.31. The van der Waals surface area contributed by atoms with Crippen LogP contribution in [0.2, 0.25) is 5.02 Å². The van der Waals surface area contributed by atoms with Gasteiger partial charge >= 0.3 is 0 Å². The van der Waals surface area contributed by atoms with Crippen LogP contribution in [-0.2, 0) is 5.41 Å². The van der Waals surface area contributed by atoms with Crippen molar-refractivity contribution in [3.05, 3.63) is 58.1 Å². The van der Waals surface area contributed by atoms with Crippen LogP contribution in [0.3, 0.4) is 0 Å². The molecule has 0 spiro atoms. The maximum atomic E-state index is 6.29. The van der Waals surface area contributed by atoms with Gasteiger partial charge in [-0.05, 0) is 31.9 Å². The average Bonchev–Trinajstić information content (AvgIpc) is 2.15. The largest absolute Gasteiger partial charge is 0.0840 e. The highest BCUT2D eigenvalue weighted by Crippen LogP contribution is 2.39. The maximum absolute atomic E-state index is 6.29. The normalized spacial score (nSPS) is 25.0. The molecule has 1 atom stereocenters. The van der Waals surface area contributed by atoms with E-state index in [9.17, 15) is 0 Å². The molecule has 0 nitrogen and oxygen atoms in total. The summed E-state index contributed by atoms with van der Waals surface area (Å²) >= 11 is 6.29. The Morgan fingerprint density at radius 2 is 1.88 bits per heavy atom. The van der Waals surface area contributed by atoms with Crippen molar-refractivity contribution in [2.24, 2.45) is 0 Å². The van der Waals surface area contributed by atoms with Crippen molar-refractivity contribution in [2.75, 3.05) is 0 Å². The summed E-state index contributed by atoms with van der Waals surface area (Å²) in [6.07, 6.45) is 5.62. The third kappa shape index (κ3) is 2.08. The van der Waals surface area contributed by atoms with Crippen LogP contribution in [-0.4, -0.2) is 0 Å². The Bertz CT molecular complexity index is 468. The lowest BCUT2D eigenvalue weighted by Crippen LogP contribution is -2.22. The lowest BCUT2D eigenvalue weighted by molar-refractivity contribution is 0.576. The average molecular weight is 233 g/mol. The Morgan fingerprint density at radius 3 is 2.50 bits per heavy atom. The van der Waals surface area contributed by atoms with Gasteiger partial charge in [-0.3, -0.25) is 0 Å². The molecule has 1 heteroatoms. The van der Waals surface area contributed by atoms with E-state index in [1.165, 1.54) is 16.7 Å². The minimum absolute atomic E-state index is 0.0429. The van der Waals surface area contributed by atoms with Gasteiger partial charge in [-0.1, -0.05) is 60.0 Å². The molecular formula is C15H17Cl. The molecule has 0 aliphatic heterocycles. The van der Waals surface area contributed by atoms with Gasteiger partial charge in [0.2, 0.25) is 0 Å². The molecule has 1 unspecified atom stereocenters. The topological polar surface area (TPSA) is 0 Å². The third-order valence-corrected chi connectivity index (χ3v) is 3.49. The standard InChI is InChI=1S/C15H17Cl/c1-11-8-12(2)10-15(3,9-11)13-6-4-5-7-14(13)16/h4-9H,10H2,1-3H3. The highest BCUT2D eigenvalue weighted by atomic mass is 35.5. The van der Waals surface area contributed by atoms with Gasteiger partial charge in [0.15, 0.2) is 0 Å². The summed E-state index contributed by atoms with van der Waals surface area (Å²) in [6, 6.07) is 8.14. The predicted molar refractivity (Wildman–Crippen MR) is 70.9 cm³/mol. The van der Waals surface area contributed by atoms with Crippen LogP contribution in [0.5, 0.6) is 0 Å². The number of halogens is 1. The van der Waals surface area contributed by atoms with Crippen molar-refractivity contribution in [3.63, 3.8) is 0 Å². The van der Waals surface area contributed by atoms with E-state index in [1.54, 1.807) is 0 Å². The molecule has 0 fully saturated rings. The van der Waals surface area contributed by atoms with E-state index in [0.717, 1.165) is 11.4 Å². The summed E-state index contributed by atoms with van der Waals surface area (Å²) in [5.74, 6) is 0. The van der Waals surface area contributed by atoms with Gasteiger partial charge in [-0.15, -0.1) is 0 Å². The Labute approximate surface area is 103 Å². The Kier molecular flexibility index (Phi) is 2.94. The Morgan fingerprint density at radius 1 is 1.19 bits per heavy atom. The van der Waals surface area contributed by atoms with Crippen LogP contribution in [0, 0.1) is 0 Å². The van der Waals surface area contributed by atoms with E-state index in [-0.39, 0.29) is 5.41 Å². The van der Waals surface area contributed by atoms with E-state index in [0.29, 0.717) is 0 Å². The van der Waals surface area contributed by atoms with Crippen LogP contribution >= 0.6 is 11.6 Å². The van der Waals surface area contributed by atoms with Crippen LogP contribution in [0.1, 0.15) is 32.8 Å². The Hall–Kier alpha value is -1.01. The van der Waals surface area contributed by atoms with E-state index in [4.69, 9.17) is 11.6 Å². The fraction of sp³-hybridized carbons (Fsp3) is 0.333. The molecule has 0 bridgehead atoms. The molecule has 1 aliphatic carbocycles. The lowest BCUT2D eigenvalue weighted by atomic mass is 9.73. The van der Waals surface area contributed by atoms with Gasteiger partial charge in [0.05, 0.1) is 0 Å². The highest BCUT2D eigenvalue weighted by Gasteiger charge is 2.28. The van der Waals surface area contributed by atoms with Crippen LogP contribution < -0.4 is 0 Å². The SMILES string of the molecule is CC1=CC(C)(c2ccccc2Cl)CC(C)=C1. The molecule has 2 rings (SSSR count). The van der Waals surface area contributed by atoms with Gasteiger partial charge in [0.1, 0.15) is 0 Å². The number of hydrogen-bond donors (Lipinski definition) is 0. The van der Waals surface area contributed by atoms with Crippen molar-refractivity contribution < 1.29 is 0 Å². The molecule has 84 valence electrons. The summed E-state index contributed by atoms with van der Waals surface area (Å²) in [5.41, 5.74) is 4.01. The number of rotatable bonds is 1. The zero-order valence-corrected chi connectivity index (χ0v) is 10.8. The third-order valence-electron chi connectivity index (χ3n) is 3.16. The summed E-state index contributed by atoms with van der Waals surface area (Å²) in [4.78, 5) is 0. The summed E-state index contributed by atoms with van der Waals surface area (Å²) in [5, 5.41) is 0.865. The molecule has 0 aromatic heterocycles. The van der Waals surface area contributed by atoms with Crippen molar-refractivity contribution in [1.29, 1.82) is 0 Å². The van der Waals surface area contributed by atoms with Gasteiger partial charge in [0, 0.05) is 10.4 Å². The second-order valence-electron chi connectivity index (χ2n) is 4.95. The van der Waals surface area contributed by atoms with Gasteiger partial charge in [-0.25, -0.2) is 0 Å². The van der Waals surface area contributed by atoms with Crippen LogP contribution in [0.15, 0.2) is 47.6 Å². The van der Waals surface area contributed by atoms with Crippen LogP contribution in [0.25, 0.3) is 0 Å². The summed E-state index contributed by atoms with van der Waals surface area (Å²) in [6.45, 7) is 6.59. The second kappa shape index (κ2) is 4.10. The molecular weight excluding hydrogens is 216 g/mol. The summed E-state index contributed by atoms with van der Waals surface area (Å²) < 4.78 is 0. The van der Waals surface area contributed by atoms with E-state index < -0.39 is 0 Å². The zero-order chi connectivity index (χ0) is 11.8. The molecule has 0 saturated carbocycles. The molecule has 0 saturated heterocycles. The molecule has 1 aromatic carbocycles. The van der Waals surface area contributed by atoms with E-state index >= 15 is 0 Å². The first-order chi connectivity index (χ1) is 7.51. The fourth-order valence-electron chi connectivity index (χ4n) is 2.71. The first-order valence-corrected chi connectivity index (χ1v) is 6.01. The molecule has 16 heavy (non-hydrogen) atoms. The molecule has 0 amide bonds. The van der Waals surface area contributed by atoms with E-state index in [1.807, 2.05) is 12.1 Å². The van der Waals surface area contributed by atoms with E-state index in [2.05, 4.69) is 45.1 Å². The van der Waals surface area contributed by atoms with Crippen LogP contribution in [0.4, 0.5) is 0 Å². The van der Waals surface area contributed by atoms with Crippen molar-refractivity contribution in [3.8, 4) is 0 Å². The first kappa shape index (κ1) is 11.5. The second-order valence-corrected chi connectivity index (χ2v) is 5.36. The van der Waals surface area contributed by atoms with Gasteiger partial charge < -0.3 is 0 Å². The minimum atomic E-state index is 0.0429. The zero-order valence-electron chi connectivity index (χ0n) is 10.0. The predicted octanol–water partition coefficient (Wildman–Crippen LogP) is 4.89. The van der Waals surface area contributed by atoms with Gasteiger partial charge in [-0.2, -0.15) is 0 Å². The van der Waals surface area contributed by atoms with Crippen molar-refractivity contribution in [2.45, 2.75) is 32.6 Å². The molecule has 0 N–H and O–H groups in total. The molecule has 0 heterocycles.